The first-order valence-corrected chi connectivity index (χ1v) is 9.44. The fraction of sp³-hybridized carbons (Fsp3) is 0.350. The van der Waals surface area contributed by atoms with Crippen molar-refractivity contribution >= 4 is 33.7 Å². The van der Waals surface area contributed by atoms with Crippen molar-refractivity contribution in [2.24, 2.45) is 0 Å². The van der Waals surface area contributed by atoms with Crippen molar-refractivity contribution in [1.82, 2.24) is 10.2 Å². The normalized spacial score (nSPS) is 11.6. The molecule has 2 rings (SSSR count). The second kappa shape index (κ2) is 9.54. The molecular formula is C20H23BrN2O5. The molecule has 0 fully saturated rings. The zero-order valence-corrected chi connectivity index (χ0v) is 17.8. The van der Waals surface area contributed by atoms with Crippen LogP contribution in [0.1, 0.15) is 46.8 Å². The number of benzene rings is 1. The van der Waals surface area contributed by atoms with Gasteiger partial charge in [0.2, 0.25) is 11.8 Å². The van der Waals surface area contributed by atoms with Gasteiger partial charge in [0.15, 0.2) is 0 Å². The summed E-state index contributed by atoms with van der Waals surface area (Å²) in [6.07, 6.45) is 0.0985. The van der Waals surface area contributed by atoms with Crippen molar-refractivity contribution in [3.8, 4) is 0 Å². The van der Waals surface area contributed by atoms with E-state index < -0.39 is 12.0 Å². The monoisotopic (exact) mass is 450 g/mol. The van der Waals surface area contributed by atoms with Gasteiger partial charge in [-0.1, -0.05) is 28.1 Å². The average Bonchev–Trinajstić information content (AvgIpc) is 3.00. The number of hydrogen-bond donors (Lipinski definition) is 1. The smallest absolute Gasteiger partial charge is 0.341 e. The van der Waals surface area contributed by atoms with Gasteiger partial charge in [-0.2, -0.15) is 0 Å². The molecule has 0 aliphatic rings. The van der Waals surface area contributed by atoms with Crippen LogP contribution in [-0.4, -0.2) is 36.8 Å². The predicted octanol–water partition coefficient (Wildman–Crippen LogP) is 3.36. The Balaban J connectivity index is 2.09. The fourth-order valence-corrected chi connectivity index (χ4v) is 3.04. The van der Waals surface area contributed by atoms with Crippen LogP contribution < -0.4 is 5.32 Å². The van der Waals surface area contributed by atoms with E-state index >= 15 is 0 Å². The third kappa shape index (κ3) is 5.69. The summed E-state index contributed by atoms with van der Waals surface area (Å²) >= 11 is 3.37. The topological polar surface area (TPSA) is 88.9 Å². The Bertz CT molecular complexity index is 860. The van der Waals surface area contributed by atoms with E-state index in [1.165, 1.54) is 18.9 Å². The number of carbonyl (C=O) groups is 3. The van der Waals surface area contributed by atoms with Gasteiger partial charge in [-0.05, 0) is 30.7 Å². The molecule has 150 valence electrons. The van der Waals surface area contributed by atoms with Crippen LogP contribution >= 0.6 is 15.9 Å². The number of rotatable bonds is 7. The zero-order chi connectivity index (χ0) is 20.8. The molecule has 1 aromatic carbocycles. The van der Waals surface area contributed by atoms with Crippen LogP contribution in [0.15, 0.2) is 39.2 Å². The van der Waals surface area contributed by atoms with E-state index in [1.807, 2.05) is 24.3 Å². The van der Waals surface area contributed by atoms with E-state index in [2.05, 4.69) is 21.2 Å². The molecule has 0 saturated carbocycles. The second-order valence-corrected chi connectivity index (χ2v) is 7.35. The largest absolute Gasteiger partial charge is 0.465 e. The minimum absolute atomic E-state index is 0.0985. The fourth-order valence-electron chi connectivity index (χ4n) is 2.78. The first kappa shape index (κ1) is 21.7. The highest BCUT2D eigenvalue weighted by molar-refractivity contribution is 9.10. The van der Waals surface area contributed by atoms with Gasteiger partial charge in [-0.3, -0.25) is 9.59 Å². The minimum atomic E-state index is -0.484. The Hall–Kier alpha value is -2.61. The van der Waals surface area contributed by atoms with Crippen LogP contribution in [0.25, 0.3) is 0 Å². The van der Waals surface area contributed by atoms with Gasteiger partial charge in [-0.15, -0.1) is 0 Å². The standard InChI is InChI=1S/C20H23BrN2O5/c1-12-17(20(26)27-4)9-16(28-12)11-23(3)19(25)10-18(22-13(2)24)14-5-7-15(21)8-6-14/h5-9,18H,10-11H2,1-4H3,(H,22,24). The Morgan fingerprint density at radius 1 is 1.25 bits per heavy atom. The number of hydrogen-bond acceptors (Lipinski definition) is 5. The van der Waals surface area contributed by atoms with Crippen LogP contribution in [0.3, 0.4) is 0 Å². The molecule has 0 aliphatic carbocycles. The Morgan fingerprint density at radius 2 is 1.89 bits per heavy atom. The SMILES string of the molecule is COC(=O)c1cc(CN(C)C(=O)CC(NC(C)=O)c2ccc(Br)cc2)oc1C. The third-order valence-electron chi connectivity index (χ3n) is 4.22. The van der Waals surface area contributed by atoms with Gasteiger partial charge in [0.25, 0.3) is 0 Å². The number of carbonyl (C=O) groups excluding carboxylic acids is 3. The molecule has 7 nitrogen and oxygen atoms in total. The molecule has 0 spiro atoms. The summed E-state index contributed by atoms with van der Waals surface area (Å²) < 4.78 is 11.2. The van der Waals surface area contributed by atoms with Gasteiger partial charge < -0.3 is 19.4 Å². The first-order valence-electron chi connectivity index (χ1n) is 8.65. The lowest BCUT2D eigenvalue weighted by molar-refractivity contribution is -0.131. The van der Waals surface area contributed by atoms with Crippen LogP contribution in [-0.2, 0) is 20.9 Å². The van der Waals surface area contributed by atoms with Gasteiger partial charge in [0.05, 0.1) is 26.1 Å². The lowest BCUT2D eigenvalue weighted by Gasteiger charge is -2.22. The highest BCUT2D eigenvalue weighted by Crippen LogP contribution is 2.22. The number of aryl methyl sites for hydroxylation is 1. The number of halogens is 1. The molecule has 0 bridgehead atoms. The van der Waals surface area contributed by atoms with Gasteiger partial charge in [-0.25, -0.2) is 4.79 Å². The maximum Gasteiger partial charge on any atom is 0.341 e. The molecule has 1 aromatic heterocycles. The number of methoxy groups -OCH3 is 1. The lowest BCUT2D eigenvalue weighted by Crippen LogP contribution is -2.33. The maximum atomic E-state index is 12.7. The zero-order valence-electron chi connectivity index (χ0n) is 16.2. The average molecular weight is 451 g/mol. The summed E-state index contributed by atoms with van der Waals surface area (Å²) in [6, 6.07) is 8.57. The molecule has 0 radical (unpaired) electrons. The lowest BCUT2D eigenvalue weighted by atomic mass is 10.0. The number of nitrogens with zero attached hydrogens (tertiary/aromatic N) is 1. The summed E-state index contributed by atoms with van der Waals surface area (Å²) in [5.74, 6) is 0.0488. The maximum absolute atomic E-state index is 12.7. The molecule has 2 aromatic rings. The number of amides is 2. The van der Waals surface area contributed by atoms with Crippen LogP contribution in [0.5, 0.6) is 0 Å². The first-order chi connectivity index (χ1) is 13.2. The van der Waals surface area contributed by atoms with Crippen molar-refractivity contribution < 1.29 is 23.5 Å². The number of esters is 1. The Kier molecular flexibility index (Phi) is 7.39. The molecular weight excluding hydrogens is 428 g/mol. The molecule has 2 amide bonds. The van der Waals surface area contributed by atoms with Crippen LogP contribution in [0, 0.1) is 6.92 Å². The van der Waals surface area contributed by atoms with Gasteiger partial charge in [0.1, 0.15) is 17.1 Å². The van der Waals surface area contributed by atoms with Crippen molar-refractivity contribution in [2.75, 3.05) is 14.2 Å². The summed E-state index contributed by atoms with van der Waals surface area (Å²) in [5, 5.41) is 2.81. The van der Waals surface area contributed by atoms with Crippen molar-refractivity contribution in [3.05, 3.63) is 57.5 Å². The van der Waals surface area contributed by atoms with Crippen LogP contribution in [0.2, 0.25) is 0 Å². The molecule has 8 heteroatoms. The number of ether oxygens (including phenoxy) is 1. The minimum Gasteiger partial charge on any atom is -0.465 e. The number of furan rings is 1. The van der Waals surface area contributed by atoms with E-state index in [0.717, 1.165) is 10.0 Å². The van der Waals surface area contributed by atoms with E-state index in [-0.39, 0.29) is 24.8 Å². The van der Waals surface area contributed by atoms with E-state index in [9.17, 15) is 14.4 Å². The van der Waals surface area contributed by atoms with Gasteiger partial charge in [0, 0.05) is 18.4 Å². The molecule has 1 N–H and O–H groups in total. The Labute approximate surface area is 172 Å². The molecule has 0 aliphatic heterocycles. The van der Waals surface area contributed by atoms with Crippen molar-refractivity contribution in [2.45, 2.75) is 32.9 Å². The molecule has 28 heavy (non-hydrogen) atoms. The molecule has 1 unspecified atom stereocenters. The van der Waals surface area contributed by atoms with E-state index in [1.54, 1.807) is 20.0 Å². The summed E-state index contributed by atoms with van der Waals surface area (Å²) in [5.41, 5.74) is 1.17. The molecule has 1 atom stereocenters. The second-order valence-electron chi connectivity index (χ2n) is 6.43. The highest BCUT2D eigenvalue weighted by Gasteiger charge is 2.22. The molecule has 0 saturated heterocycles. The van der Waals surface area contributed by atoms with Crippen LogP contribution in [0.4, 0.5) is 0 Å². The van der Waals surface area contributed by atoms with Gasteiger partial charge >= 0.3 is 5.97 Å². The summed E-state index contributed by atoms with van der Waals surface area (Å²) in [7, 11) is 2.94. The predicted molar refractivity (Wildman–Crippen MR) is 107 cm³/mol. The third-order valence-corrected chi connectivity index (χ3v) is 4.75. The Morgan fingerprint density at radius 3 is 2.46 bits per heavy atom. The number of nitrogens with one attached hydrogen (secondary N) is 1. The van der Waals surface area contributed by atoms with E-state index in [4.69, 9.17) is 9.15 Å². The van der Waals surface area contributed by atoms with Crippen molar-refractivity contribution in [3.63, 3.8) is 0 Å². The molecule has 1 heterocycles. The quantitative estimate of drug-likeness (QED) is 0.653. The van der Waals surface area contributed by atoms with Crippen molar-refractivity contribution in [1.29, 1.82) is 0 Å². The van der Waals surface area contributed by atoms with E-state index in [0.29, 0.717) is 17.1 Å². The summed E-state index contributed by atoms with van der Waals surface area (Å²) in [6.45, 7) is 3.28. The summed E-state index contributed by atoms with van der Waals surface area (Å²) in [4.78, 5) is 37.4. The highest BCUT2D eigenvalue weighted by atomic mass is 79.9.